The number of nitrogens with one attached hydrogen (secondary N) is 1. The first kappa shape index (κ1) is 17.9. The van der Waals surface area contributed by atoms with Crippen LogP contribution in [0.4, 0.5) is 0 Å². The molecule has 0 aromatic rings. The van der Waals surface area contributed by atoms with E-state index in [2.05, 4.69) is 26.1 Å². The van der Waals surface area contributed by atoms with Crippen molar-refractivity contribution in [3.8, 4) is 0 Å². The third-order valence-electron chi connectivity index (χ3n) is 6.96. The predicted octanol–water partition coefficient (Wildman–Crippen LogP) is 4.49. The Morgan fingerprint density at radius 1 is 0.833 bits per heavy atom. The van der Waals surface area contributed by atoms with E-state index >= 15 is 0 Å². The summed E-state index contributed by atoms with van der Waals surface area (Å²) in [5.74, 6) is 1.36. The van der Waals surface area contributed by atoms with Crippen molar-refractivity contribution in [1.82, 2.24) is 5.32 Å². The van der Waals surface area contributed by atoms with E-state index in [0.717, 1.165) is 38.0 Å². The molecule has 3 heteroatoms. The van der Waals surface area contributed by atoms with Crippen LogP contribution in [-0.4, -0.2) is 17.7 Å². The fourth-order valence-corrected chi connectivity index (χ4v) is 5.51. The molecule has 0 radical (unpaired) electrons. The van der Waals surface area contributed by atoms with Crippen LogP contribution in [0.25, 0.3) is 0 Å². The molecule has 4 rings (SSSR count). The zero-order valence-corrected chi connectivity index (χ0v) is 16.4. The Kier molecular flexibility index (Phi) is 3.98. The second-order valence-electron chi connectivity index (χ2n) is 11.1. The van der Waals surface area contributed by atoms with E-state index in [1.54, 1.807) is 0 Å². The normalized spacial score (nSPS) is 38.8. The minimum atomic E-state index is -0.283. The minimum absolute atomic E-state index is 0.167. The monoisotopic (exact) mass is 333 g/mol. The van der Waals surface area contributed by atoms with E-state index in [1.165, 1.54) is 12.8 Å². The summed E-state index contributed by atoms with van der Waals surface area (Å²) in [5, 5.41) is 3.32. The van der Waals surface area contributed by atoms with Gasteiger partial charge in [0.25, 0.3) is 0 Å². The van der Waals surface area contributed by atoms with Crippen molar-refractivity contribution in [2.24, 2.45) is 27.6 Å². The Morgan fingerprint density at radius 2 is 1.33 bits per heavy atom. The molecular formula is C21H35NO2. The summed E-state index contributed by atoms with van der Waals surface area (Å²) in [7, 11) is 0. The van der Waals surface area contributed by atoms with Crippen molar-refractivity contribution < 1.29 is 9.59 Å². The number of hydrogen-bond acceptors (Lipinski definition) is 2. The van der Waals surface area contributed by atoms with Crippen LogP contribution < -0.4 is 5.32 Å². The van der Waals surface area contributed by atoms with Gasteiger partial charge in [-0.1, -0.05) is 41.5 Å². The molecule has 3 nitrogen and oxygen atoms in total. The lowest BCUT2D eigenvalue weighted by Gasteiger charge is -2.69. The number of Topliss-reactive ketones (excluding diaryl/α,β-unsaturated/α-hetero) is 1. The topological polar surface area (TPSA) is 46.2 Å². The van der Waals surface area contributed by atoms with Crippen molar-refractivity contribution in [3.05, 3.63) is 0 Å². The third-order valence-corrected chi connectivity index (χ3v) is 6.96. The molecular weight excluding hydrogens is 298 g/mol. The highest BCUT2D eigenvalue weighted by atomic mass is 16.2. The number of carbonyl (C=O) groups excluding carboxylic acids is 2. The van der Waals surface area contributed by atoms with E-state index < -0.39 is 0 Å². The second kappa shape index (κ2) is 5.32. The Morgan fingerprint density at radius 3 is 1.75 bits per heavy atom. The average Bonchev–Trinajstić information content (AvgIpc) is 2.33. The highest BCUT2D eigenvalue weighted by molar-refractivity contribution is 5.99. The lowest BCUT2D eigenvalue weighted by molar-refractivity contribution is -0.212. The highest BCUT2D eigenvalue weighted by Crippen LogP contribution is 2.74. The van der Waals surface area contributed by atoms with Crippen LogP contribution >= 0.6 is 0 Å². The Bertz CT molecular complexity index is 521. The van der Waals surface area contributed by atoms with Gasteiger partial charge in [-0.2, -0.15) is 0 Å². The van der Waals surface area contributed by atoms with Gasteiger partial charge in [0.2, 0.25) is 5.91 Å². The van der Waals surface area contributed by atoms with Crippen molar-refractivity contribution in [2.45, 2.75) is 92.5 Å². The summed E-state index contributed by atoms with van der Waals surface area (Å²) < 4.78 is 0. The van der Waals surface area contributed by atoms with E-state index in [9.17, 15) is 9.59 Å². The van der Waals surface area contributed by atoms with Crippen LogP contribution in [0.3, 0.4) is 0 Å². The summed E-state index contributed by atoms with van der Waals surface area (Å²) in [5.41, 5.74) is -0.280. The van der Waals surface area contributed by atoms with Gasteiger partial charge in [-0.3, -0.25) is 9.59 Å². The van der Waals surface area contributed by atoms with Crippen LogP contribution in [0.5, 0.6) is 0 Å². The van der Waals surface area contributed by atoms with E-state index in [-0.39, 0.29) is 22.2 Å². The summed E-state index contributed by atoms with van der Waals surface area (Å²) in [6.45, 7) is 13.0. The van der Waals surface area contributed by atoms with Crippen LogP contribution in [0.2, 0.25) is 0 Å². The van der Waals surface area contributed by atoms with Gasteiger partial charge in [0.15, 0.2) is 0 Å². The van der Waals surface area contributed by atoms with Crippen molar-refractivity contribution in [3.63, 3.8) is 0 Å². The standard InChI is InChI=1S/C21H35NO2/c1-18(2,3)14-7-9-15(10-8-14)22-17(24)21-11-20(12-21,13-21)16(23)19(4,5)6/h14-15H,7-13H2,1-6H3,(H,22,24). The molecule has 24 heavy (non-hydrogen) atoms. The number of rotatable bonds is 3. The zero-order chi connectivity index (χ0) is 18.0. The Labute approximate surface area is 147 Å². The number of hydrogen-bond donors (Lipinski definition) is 1. The maximum Gasteiger partial charge on any atom is 0.226 e. The summed E-state index contributed by atoms with van der Waals surface area (Å²) in [4.78, 5) is 25.3. The van der Waals surface area contributed by atoms with E-state index in [4.69, 9.17) is 0 Å². The van der Waals surface area contributed by atoms with Crippen LogP contribution in [0.1, 0.15) is 86.5 Å². The first-order chi connectivity index (χ1) is 10.9. The van der Waals surface area contributed by atoms with Gasteiger partial charge >= 0.3 is 0 Å². The van der Waals surface area contributed by atoms with Crippen molar-refractivity contribution in [2.75, 3.05) is 0 Å². The zero-order valence-electron chi connectivity index (χ0n) is 16.4. The van der Waals surface area contributed by atoms with Gasteiger partial charge in [-0.05, 0) is 56.3 Å². The van der Waals surface area contributed by atoms with Gasteiger partial charge in [0, 0.05) is 16.9 Å². The first-order valence-electron chi connectivity index (χ1n) is 9.74. The molecule has 4 aliphatic rings. The molecule has 2 bridgehead atoms. The SMILES string of the molecule is CC(C)(C)C(=O)C12CC(C(=O)NC3CCC(C(C)(C)C)CC3)(C1)C2. The summed E-state index contributed by atoms with van der Waals surface area (Å²) >= 11 is 0. The van der Waals surface area contributed by atoms with Gasteiger partial charge < -0.3 is 5.32 Å². The molecule has 4 fully saturated rings. The molecule has 0 atom stereocenters. The highest BCUT2D eigenvalue weighted by Gasteiger charge is 2.75. The lowest BCUT2D eigenvalue weighted by Crippen LogP contribution is -2.72. The molecule has 136 valence electrons. The summed E-state index contributed by atoms with van der Waals surface area (Å²) in [6.07, 6.45) is 7.02. The molecule has 1 amide bonds. The summed E-state index contributed by atoms with van der Waals surface area (Å²) in [6, 6.07) is 0.347. The predicted molar refractivity (Wildman–Crippen MR) is 96.5 cm³/mol. The van der Waals surface area contributed by atoms with Gasteiger partial charge in [-0.25, -0.2) is 0 Å². The van der Waals surface area contributed by atoms with Crippen LogP contribution in [-0.2, 0) is 9.59 Å². The van der Waals surface area contributed by atoms with Crippen LogP contribution in [0.15, 0.2) is 0 Å². The van der Waals surface area contributed by atoms with Crippen molar-refractivity contribution in [1.29, 1.82) is 0 Å². The molecule has 4 aliphatic carbocycles. The maximum absolute atomic E-state index is 12.7. The smallest absolute Gasteiger partial charge is 0.226 e. The second-order valence-corrected chi connectivity index (χ2v) is 11.1. The molecule has 4 saturated carbocycles. The van der Waals surface area contributed by atoms with Gasteiger partial charge in [-0.15, -0.1) is 0 Å². The van der Waals surface area contributed by atoms with Crippen molar-refractivity contribution >= 4 is 11.7 Å². The third kappa shape index (κ3) is 2.82. The molecule has 0 saturated heterocycles. The number of carbonyl (C=O) groups is 2. The maximum atomic E-state index is 12.7. The molecule has 0 aliphatic heterocycles. The Balaban J connectivity index is 1.49. The molecule has 0 heterocycles. The fraction of sp³-hybridized carbons (Fsp3) is 0.905. The average molecular weight is 334 g/mol. The molecule has 0 unspecified atom stereocenters. The number of ketones is 1. The first-order valence-corrected chi connectivity index (χ1v) is 9.74. The largest absolute Gasteiger partial charge is 0.353 e. The Hall–Kier alpha value is -0.860. The number of amides is 1. The minimum Gasteiger partial charge on any atom is -0.353 e. The molecule has 0 aromatic heterocycles. The fourth-order valence-electron chi connectivity index (χ4n) is 5.51. The quantitative estimate of drug-likeness (QED) is 0.827. The van der Waals surface area contributed by atoms with E-state index in [0.29, 0.717) is 17.2 Å². The van der Waals surface area contributed by atoms with Gasteiger partial charge in [0.05, 0.1) is 5.41 Å². The van der Waals surface area contributed by atoms with E-state index in [1.807, 2.05) is 20.8 Å². The molecule has 0 aromatic carbocycles. The van der Waals surface area contributed by atoms with Gasteiger partial charge in [0.1, 0.15) is 5.78 Å². The molecule has 1 N–H and O–H groups in total. The molecule has 0 spiro atoms. The van der Waals surface area contributed by atoms with Crippen LogP contribution in [0, 0.1) is 27.6 Å². The lowest BCUT2D eigenvalue weighted by atomic mass is 9.32.